The van der Waals surface area contributed by atoms with Crippen LogP contribution in [-0.4, -0.2) is 25.2 Å². The summed E-state index contributed by atoms with van der Waals surface area (Å²) in [7, 11) is 0.0992. The highest BCUT2D eigenvalue weighted by molar-refractivity contribution is 7.25. The Balaban J connectivity index is 2.00. The fourth-order valence-corrected chi connectivity index (χ4v) is 6.48. The van der Waals surface area contributed by atoms with Gasteiger partial charge in [0.05, 0.1) is 17.3 Å². The Morgan fingerprint density at radius 3 is 2.48 bits per heavy atom. The summed E-state index contributed by atoms with van der Waals surface area (Å²) in [4.78, 5) is 9.70. The minimum absolute atomic E-state index is 0.291. The summed E-state index contributed by atoms with van der Waals surface area (Å²) in [6, 6.07) is 6.00. The molecule has 0 bridgehead atoms. The van der Waals surface area contributed by atoms with Crippen LogP contribution in [0.3, 0.4) is 0 Å². The van der Waals surface area contributed by atoms with E-state index in [-0.39, 0.29) is 0 Å². The lowest BCUT2D eigenvalue weighted by Crippen LogP contribution is -2.50. The molecule has 0 atom stereocenters. The first-order chi connectivity index (χ1) is 10.7. The molecule has 23 heavy (non-hydrogen) atoms. The maximum Gasteiger partial charge on any atom is 0.153 e. The lowest BCUT2D eigenvalue weighted by molar-refractivity contribution is 0.415. The van der Waals surface area contributed by atoms with Crippen molar-refractivity contribution < 1.29 is 4.74 Å². The molecule has 0 unspecified atom stereocenters. The van der Waals surface area contributed by atoms with E-state index in [9.17, 15) is 0 Å². The Labute approximate surface area is 146 Å². The highest BCUT2D eigenvalue weighted by atomic mass is 32.1. The number of benzene rings is 1. The van der Waals surface area contributed by atoms with Gasteiger partial charge in [-0.05, 0) is 23.2 Å². The Morgan fingerprint density at radius 1 is 1.09 bits per heavy atom. The lowest BCUT2D eigenvalue weighted by Gasteiger charge is -2.35. The summed E-state index contributed by atoms with van der Waals surface area (Å²) in [5.41, 5.74) is 1.01. The molecule has 3 aromatic rings. The Hall–Kier alpha value is -1.24. The molecule has 0 aliphatic carbocycles. The van der Waals surface area contributed by atoms with Gasteiger partial charge in [-0.15, -0.1) is 22.7 Å². The van der Waals surface area contributed by atoms with Crippen molar-refractivity contribution in [2.24, 2.45) is 0 Å². The molecule has 0 spiro atoms. The van der Waals surface area contributed by atoms with Gasteiger partial charge >= 0.3 is 0 Å². The van der Waals surface area contributed by atoms with E-state index in [0.29, 0.717) is 5.04 Å². The molecule has 0 radical (unpaired) electrons. The molecule has 3 rings (SSSR count). The van der Waals surface area contributed by atoms with E-state index in [1.807, 2.05) is 18.2 Å². The van der Waals surface area contributed by atoms with E-state index in [1.165, 1.54) is 5.32 Å². The third-order valence-corrected chi connectivity index (χ3v) is 12.3. The van der Waals surface area contributed by atoms with Crippen LogP contribution in [0.1, 0.15) is 20.8 Å². The van der Waals surface area contributed by atoms with Crippen LogP contribution in [0.25, 0.3) is 20.2 Å². The zero-order valence-corrected chi connectivity index (χ0v) is 17.1. The van der Waals surface area contributed by atoms with Crippen molar-refractivity contribution in [1.29, 1.82) is 0 Å². The standard InChI is InChI=1S/C17H22N2OS2Si/c1-17(2,3)23(5,6)14-10-21-15(19-14)16-18-12-8-7-11(20-4)9-13(12)22-16/h7-10H,1-6H3. The van der Waals surface area contributed by atoms with Crippen LogP contribution in [0.15, 0.2) is 23.6 Å². The molecule has 3 nitrogen and oxygen atoms in total. The molecule has 6 heteroatoms. The number of fused-ring (bicyclic) bond motifs is 1. The van der Waals surface area contributed by atoms with Gasteiger partial charge in [-0.2, -0.15) is 0 Å². The Morgan fingerprint density at radius 2 is 1.83 bits per heavy atom. The van der Waals surface area contributed by atoms with Crippen LogP contribution in [0.4, 0.5) is 0 Å². The average molecular weight is 363 g/mol. The average Bonchev–Trinajstić information content (AvgIpc) is 3.11. The largest absolute Gasteiger partial charge is 0.497 e. The SMILES string of the molecule is COc1ccc2nc(-c3nc([Si](C)(C)C(C)(C)C)cs3)sc2c1. The number of methoxy groups -OCH3 is 1. The monoisotopic (exact) mass is 362 g/mol. The molecule has 2 heterocycles. The van der Waals surface area contributed by atoms with Crippen molar-refractivity contribution in [3.8, 4) is 15.8 Å². The zero-order chi connectivity index (χ0) is 16.8. The molecule has 0 fully saturated rings. The lowest BCUT2D eigenvalue weighted by atomic mass is 10.2. The van der Waals surface area contributed by atoms with Gasteiger partial charge in [-0.1, -0.05) is 33.9 Å². The number of hydrogen-bond acceptors (Lipinski definition) is 5. The first-order valence-corrected chi connectivity index (χ1v) is 12.3. The van der Waals surface area contributed by atoms with Crippen molar-refractivity contribution in [2.45, 2.75) is 38.9 Å². The van der Waals surface area contributed by atoms with Crippen LogP contribution in [0.2, 0.25) is 18.1 Å². The molecule has 1 aromatic carbocycles. The number of aromatic nitrogens is 2. The van der Waals surface area contributed by atoms with E-state index >= 15 is 0 Å². The second kappa shape index (κ2) is 5.68. The number of thiazole rings is 2. The van der Waals surface area contributed by atoms with Crippen LogP contribution >= 0.6 is 22.7 Å². The van der Waals surface area contributed by atoms with Gasteiger partial charge in [0.1, 0.15) is 13.8 Å². The maximum absolute atomic E-state index is 5.29. The van der Waals surface area contributed by atoms with Crippen molar-refractivity contribution in [3.05, 3.63) is 23.6 Å². The fourth-order valence-electron chi connectivity index (χ4n) is 2.17. The predicted molar refractivity (Wildman–Crippen MR) is 104 cm³/mol. The van der Waals surface area contributed by atoms with Gasteiger partial charge in [0.25, 0.3) is 0 Å². The summed E-state index contributed by atoms with van der Waals surface area (Å²) in [6.45, 7) is 11.8. The summed E-state index contributed by atoms with van der Waals surface area (Å²) >= 11 is 3.39. The Bertz CT molecular complexity index is 846. The quantitative estimate of drug-likeness (QED) is 0.605. The summed E-state index contributed by atoms with van der Waals surface area (Å²) in [6.07, 6.45) is 0. The highest BCUT2D eigenvalue weighted by Crippen LogP contribution is 2.37. The summed E-state index contributed by atoms with van der Waals surface area (Å²) in [5.74, 6) is 0.869. The molecular formula is C17H22N2OS2Si. The number of ether oxygens (including phenoxy) is 1. The molecule has 0 saturated heterocycles. The van der Waals surface area contributed by atoms with Crippen LogP contribution in [0, 0.1) is 0 Å². The normalized spacial score (nSPS) is 12.8. The number of rotatable bonds is 3. The molecule has 0 N–H and O–H groups in total. The topological polar surface area (TPSA) is 35.0 Å². The number of hydrogen-bond donors (Lipinski definition) is 0. The second-order valence-corrected chi connectivity index (χ2v) is 14.4. The minimum atomic E-state index is -1.59. The molecule has 0 aliphatic rings. The minimum Gasteiger partial charge on any atom is -0.497 e. The highest BCUT2D eigenvalue weighted by Gasteiger charge is 2.39. The first kappa shape index (κ1) is 16.6. The first-order valence-electron chi connectivity index (χ1n) is 7.63. The van der Waals surface area contributed by atoms with E-state index in [0.717, 1.165) is 26.0 Å². The summed E-state index contributed by atoms with van der Waals surface area (Å²) < 4.78 is 6.44. The molecular weight excluding hydrogens is 340 g/mol. The molecule has 2 aromatic heterocycles. The zero-order valence-electron chi connectivity index (χ0n) is 14.4. The van der Waals surface area contributed by atoms with Crippen molar-refractivity contribution in [3.63, 3.8) is 0 Å². The van der Waals surface area contributed by atoms with E-state index < -0.39 is 8.07 Å². The van der Waals surface area contributed by atoms with Crippen molar-refractivity contribution >= 4 is 46.3 Å². The van der Waals surface area contributed by atoms with Crippen LogP contribution in [-0.2, 0) is 0 Å². The van der Waals surface area contributed by atoms with Crippen LogP contribution in [0.5, 0.6) is 5.75 Å². The van der Waals surface area contributed by atoms with Gasteiger partial charge in [-0.3, -0.25) is 0 Å². The van der Waals surface area contributed by atoms with Crippen molar-refractivity contribution in [1.82, 2.24) is 9.97 Å². The molecule has 0 amide bonds. The summed E-state index contributed by atoms with van der Waals surface area (Å²) in [5, 5.41) is 5.84. The third-order valence-electron chi connectivity index (χ3n) is 4.80. The van der Waals surface area contributed by atoms with Gasteiger partial charge in [0, 0.05) is 10.7 Å². The van der Waals surface area contributed by atoms with Crippen LogP contribution < -0.4 is 10.1 Å². The molecule has 0 aliphatic heterocycles. The predicted octanol–water partition coefficient (Wildman–Crippen LogP) is 5.14. The molecule has 0 saturated carbocycles. The Kier molecular flexibility index (Phi) is 4.10. The van der Waals surface area contributed by atoms with Gasteiger partial charge in [0.2, 0.25) is 0 Å². The second-order valence-electron chi connectivity index (χ2n) is 7.27. The van der Waals surface area contributed by atoms with E-state index in [1.54, 1.807) is 29.8 Å². The maximum atomic E-state index is 5.29. The van der Waals surface area contributed by atoms with Gasteiger partial charge in [0.15, 0.2) is 10.0 Å². The smallest absolute Gasteiger partial charge is 0.153 e. The van der Waals surface area contributed by atoms with Gasteiger partial charge < -0.3 is 4.74 Å². The molecule has 122 valence electrons. The van der Waals surface area contributed by atoms with Gasteiger partial charge in [-0.25, -0.2) is 9.97 Å². The third kappa shape index (κ3) is 2.95. The van der Waals surface area contributed by atoms with E-state index in [4.69, 9.17) is 14.7 Å². The van der Waals surface area contributed by atoms with Crippen molar-refractivity contribution in [2.75, 3.05) is 7.11 Å². The number of nitrogens with zero attached hydrogens (tertiary/aromatic N) is 2. The van der Waals surface area contributed by atoms with E-state index in [2.05, 4.69) is 39.2 Å². The fraction of sp³-hybridized carbons (Fsp3) is 0.412.